The molecule has 0 amide bonds. The number of hydrogen-bond acceptors (Lipinski definition) is 3. The van der Waals surface area contributed by atoms with Crippen LogP contribution >= 0.6 is 0 Å². The predicted molar refractivity (Wildman–Crippen MR) is 79.2 cm³/mol. The molecule has 0 radical (unpaired) electrons. The SMILES string of the molecule is Cc1nnc2ccc(C[C@H]3CC[C@H](C(=O)O)CC3)c(C)n12. The Bertz CT molecular complexity index is 669. The van der Waals surface area contributed by atoms with Crippen molar-refractivity contribution in [2.24, 2.45) is 11.8 Å². The molecule has 2 heterocycles. The van der Waals surface area contributed by atoms with Crippen molar-refractivity contribution < 1.29 is 9.90 Å². The highest BCUT2D eigenvalue weighted by molar-refractivity contribution is 5.70. The van der Waals surface area contributed by atoms with Crippen LogP contribution in [0.4, 0.5) is 0 Å². The fourth-order valence-electron chi connectivity index (χ4n) is 3.48. The summed E-state index contributed by atoms with van der Waals surface area (Å²) in [4.78, 5) is 11.0. The van der Waals surface area contributed by atoms with Crippen LogP contribution in [0.25, 0.3) is 5.65 Å². The number of aromatic nitrogens is 3. The third kappa shape index (κ3) is 2.64. The van der Waals surface area contributed by atoms with E-state index in [1.54, 1.807) is 0 Å². The van der Waals surface area contributed by atoms with Gasteiger partial charge in [-0.05, 0) is 63.5 Å². The van der Waals surface area contributed by atoms with Gasteiger partial charge in [0, 0.05) is 5.69 Å². The lowest BCUT2D eigenvalue weighted by atomic mass is 9.79. The lowest BCUT2D eigenvalue weighted by Crippen LogP contribution is -2.22. The molecule has 1 saturated carbocycles. The largest absolute Gasteiger partial charge is 0.481 e. The van der Waals surface area contributed by atoms with Gasteiger partial charge in [0.2, 0.25) is 0 Å². The molecule has 1 aliphatic carbocycles. The normalized spacial score (nSPS) is 22.6. The maximum absolute atomic E-state index is 11.0. The monoisotopic (exact) mass is 287 g/mol. The van der Waals surface area contributed by atoms with Crippen molar-refractivity contribution in [2.45, 2.75) is 46.0 Å². The fourth-order valence-corrected chi connectivity index (χ4v) is 3.48. The van der Waals surface area contributed by atoms with Crippen LogP contribution in [0.15, 0.2) is 12.1 Å². The number of carbonyl (C=O) groups is 1. The van der Waals surface area contributed by atoms with E-state index in [9.17, 15) is 4.79 Å². The van der Waals surface area contributed by atoms with Gasteiger partial charge in [0.15, 0.2) is 5.65 Å². The summed E-state index contributed by atoms with van der Waals surface area (Å²) in [5, 5.41) is 17.3. The molecule has 1 N–H and O–H groups in total. The molecule has 1 aliphatic rings. The van der Waals surface area contributed by atoms with E-state index in [0.717, 1.165) is 43.6 Å². The highest BCUT2D eigenvalue weighted by atomic mass is 16.4. The number of rotatable bonds is 3. The van der Waals surface area contributed by atoms with E-state index in [0.29, 0.717) is 5.92 Å². The van der Waals surface area contributed by atoms with Gasteiger partial charge in [0.05, 0.1) is 5.92 Å². The van der Waals surface area contributed by atoms with Gasteiger partial charge in [-0.15, -0.1) is 10.2 Å². The van der Waals surface area contributed by atoms with Crippen molar-refractivity contribution in [3.63, 3.8) is 0 Å². The summed E-state index contributed by atoms with van der Waals surface area (Å²) in [6.45, 7) is 4.08. The van der Waals surface area contributed by atoms with Crippen molar-refractivity contribution in [1.82, 2.24) is 14.6 Å². The zero-order valence-corrected chi connectivity index (χ0v) is 12.5. The zero-order valence-electron chi connectivity index (χ0n) is 12.5. The Kier molecular flexibility index (Phi) is 3.66. The van der Waals surface area contributed by atoms with Gasteiger partial charge >= 0.3 is 5.97 Å². The van der Waals surface area contributed by atoms with E-state index in [1.807, 2.05) is 13.0 Å². The molecular weight excluding hydrogens is 266 g/mol. The first-order valence-corrected chi connectivity index (χ1v) is 7.59. The van der Waals surface area contributed by atoms with E-state index in [1.165, 1.54) is 11.3 Å². The summed E-state index contributed by atoms with van der Waals surface area (Å²) in [5.41, 5.74) is 3.42. The van der Waals surface area contributed by atoms with Crippen LogP contribution < -0.4 is 0 Å². The minimum Gasteiger partial charge on any atom is -0.481 e. The molecule has 5 heteroatoms. The first kappa shape index (κ1) is 14.0. The number of fused-ring (bicyclic) bond motifs is 1. The van der Waals surface area contributed by atoms with Crippen LogP contribution in [0.1, 0.15) is 42.8 Å². The zero-order chi connectivity index (χ0) is 15.0. The second kappa shape index (κ2) is 5.47. The first-order chi connectivity index (χ1) is 10.1. The molecule has 0 atom stereocenters. The number of hydrogen-bond donors (Lipinski definition) is 1. The Morgan fingerprint density at radius 2 is 1.95 bits per heavy atom. The van der Waals surface area contributed by atoms with E-state index in [-0.39, 0.29) is 5.92 Å². The molecule has 0 aromatic carbocycles. The van der Waals surface area contributed by atoms with Gasteiger partial charge in [-0.25, -0.2) is 0 Å². The topological polar surface area (TPSA) is 67.5 Å². The van der Waals surface area contributed by atoms with Crippen LogP contribution in [0.2, 0.25) is 0 Å². The molecule has 5 nitrogen and oxygen atoms in total. The molecule has 0 aliphatic heterocycles. The molecule has 112 valence electrons. The van der Waals surface area contributed by atoms with E-state index >= 15 is 0 Å². The number of carboxylic acid groups (broad SMARTS) is 1. The van der Waals surface area contributed by atoms with Crippen LogP contribution in [0.3, 0.4) is 0 Å². The number of pyridine rings is 1. The Morgan fingerprint density at radius 3 is 2.62 bits per heavy atom. The summed E-state index contributed by atoms with van der Waals surface area (Å²) in [6.07, 6.45) is 4.66. The minimum absolute atomic E-state index is 0.134. The minimum atomic E-state index is -0.633. The Hall–Kier alpha value is -1.91. The lowest BCUT2D eigenvalue weighted by Gasteiger charge is -2.26. The van der Waals surface area contributed by atoms with Crippen LogP contribution in [0.5, 0.6) is 0 Å². The highest BCUT2D eigenvalue weighted by Crippen LogP contribution is 2.32. The van der Waals surface area contributed by atoms with Crippen molar-refractivity contribution in [3.05, 3.63) is 29.2 Å². The van der Waals surface area contributed by atoms with Crippen LogP contribution in [-0.2, 0) is 11.2 Å². The molecular formula is C16H21N3O2. The molecule has 2 aromatic heterocycles. The van der Waals surface area contributed by atoms with Gasteiger partial charge < -0.3 is 5.11 Å². The Morgan fingerprint density at radius 1 is 1.24 bits per heavy atom. The second-order valence-corrected chi connectivity index (χ2v) is 6.14. The van der Waals surface area contributed by atoms with Crippen molar-refractivity contribution >= 4 is 11.6 Å². The summed E-state index contributed by atoms with van der Waals surface area (Å²) >= 11 is 0. The van der Waals surface area contributed by atoms with E-state index < -0.39 is 5.97 Å². The fraction of sp³-hybridized carbons (Fsp3) is 0.562. The quantitative estimate of drug-likeness (QED) is 0.942. The average Bonchev–Trinajstić information content (AvgIpc) is 2.85. The average molecular weight is 287 g/mol. The second-order valence-electron chi connectivity index (χ2n) is 6.14. The maximum Gasteiger partial charge on any atom is 0.306 e. The van der Waals surface area contributed by atoms with Crippen molar-refractivity contribution in [2.75, 3.05) is 0 Å². The van der Waals surface area contributed by atoms with E-state index in [2.05, 4.69) is 27.6 Å². The molecule has 21 heavy (non-hydrogen) atoms. The predicted octanol–water partition coefficient (Wildman–Crippen LogP) is 2.78. The third-order valence-corrected chi connectivity index (χ3v) is 4.79. The molecule has 0 spiro atoms. The van der Waals surface area contributed by atoms with Crippen LogP contribution in [-0.4, -0.2) is 25.7 Å². The smallest absolute Gasteiger partial charge is 0.306 e. The number of nitrogens with zero attached hydrogens (tertiary/aromatic N) is 3. The van der Waals surface area contributed by atoms with Crippen molar-refractivity contribution in [3.8, 4) is 0 Å². The number of carboxylic acids is 1. The molecule has 1 fully saturated rings. The summed E-state index contributed by atoms with van der Waals surface area (Å²) < 4.78 is 2.10. The Labute approximate surface area is 124 Å². The van der Waals surface area contributed by atoms with Gasteiger partial charge in [-0.1, -0.05) is 6.07 Å². The first-order valence-electron chi connectivity index (χ1n) is 7.59. The summed E-state index contributed by atoms with van der Waals surface area (Å²) in [6, 6.07) is 4.16. The Balaban J connectivity index is 1.75. The lowest BCUT2D eigenvalue weighted by molar-refractivity contribution is -0.143. The van der Waals surface area contributed by atoms with Gasteiger partial charge in [-0.3, -0.25) is 9.20 Å². The maximum atomic E-state index is 11.0. The van der Waals surface area contributed by atoms with Crippen LogP contribution in [0, 0.1) is 25.7 Å². The standard InChI is InChI=1S/C16H21N3O2/c1-10-14(7-8-15-18-17-11(2)19(10)15)9-12-3-5-13(6-4-12)16(20)21/h7-8,12-13H,3-6,9H2,1-2H3,(H,20,21)/t12-,13-. The number of aryl methyl sites for hydroxylation is 2. The molecule has 0 unspecified atom stereocenters. The molecule has 0 bridgehead atoms. The molecule has 2 aromatic rings. The molecule has 0 saturated heterocycles. The highest BCUT2D eigenvalue weighted by Gasteiger charge is 2.26. The number of aliphatic carboxylic acids is 1. The molecule has 3 rings (SSSR count). The third-order valence-electron chi connectivity index (χ3n) is 4.79. The van der Waals surface area contributed by atoms with Gasteiger partial charge in [0.1, 0.15) is 5.82 Å². The van der Waals surface area contributed by atoms with E-state index in [4.69, 9.17) is 5.11 Å². The van der Waals surface area contributed by atoms with Gasteiger partial charge in [0.25, 0.3) is 0 Å². The summed E-state index contributed by atoms with van der Waals surface area (Å²) in [7, 11) is 0. The van der Waals surface area contributed by atoms with Crippen molar-refractivity contribution in [1.29, 1.82) is 0 Å². The summed E-state index contributed by atoms with van der Waals surface area (Å²) in [5.74, 6) is 0.739. The van der Waals surface area contributed by atoms with Gasteiger partial charge in [-0.2, -0.15) is 0 Å².